The van der Waals surface area contributed by atoms with Crippen molar-refractivity contribution in [2.45, 2.75) is 6.42 Å². The highest BCUT2D eigenvalue weighted by Gasteiger charge is 2.17. The van der Waals surface area contributed by atoms with Gasteiger partial charge in [-0.25, -0.2) is 0 Å². The van der Waals surface area contributed by atoms with Crippen LogP contribution in [-0.2, 0) is 16.0 Å². The van der Waals surface area contributed by atoms with Crippen LogP contribution in [-0.4, -0.2) is 43.5 Å². The van der Waals surface area contributed by atoms with Crippen molar-refractivity contribution in [3.05, 3.63) is 52.5 Å². The second kappa shape index (κ2) is 8.23. The molecule has 0 spiro atoms. The topological polar surface area (TPSA) is 67.9 Å². The van der Waals surface area contributed by atoms with Crippen molar-refractivity contribution >= 4 is 33.4 Å². The average Bonchev–Trinajstić information content (AvgIpc) is 2.63. The molecule has 0 aliphatic carbocycles. The first-order valence-corrected chi connectivity index (χ1v) is 8.99. The maximum Gasteiger partial charge on any atom is 0.244 e. The summed E-state index contributed by atoms with van der Waals surface area (Å²) in [6, 6.07) is 12.8. The van der Waals surface area contributed by atoms with E-state index in [2.05, 4.69) is 21.2 Å². The number of amides is 2. The van der Waals surface area contributed by atoms with Crippen LogP contribution in [0.3, 0.4) is 0 Å². The standard InChI is InChI=1S/C19H19BrN2O4/c1-22(12-18(23)21-15-5-3-2-4-14(15)20)19(24)11-13-6-7-16-17(10-13)26-9-8-25-16/h2-7,10H,8-9,11-12H2,1H3,(H,21,23). The third kappa shape index (κ3) is 4.54. The van der Waals surface area contributed by atoms with Crippen LogP contribution in [0.5, 0.6) is 11.5 Å². The Kier molecular flexibility index (Phi) is 5.78. The molecule has 2 aromatic rings. The summed E-state index contributed by atoms with van der Waals surface area (Å²) >= 11 is 3.38. The summed E-state index contributed by atoms with van der Waals surface area (Å²) in [5.74, 6) is 0.934. The fourth-order valence-electron chi connectivity index (χ4n) is 2.56. The van der Waals surface area contributed by atoms with Crippen molar-refractivity contribution in [1.82, 2.24) is 4.90 Å². The number of nitrogens with zero attached hydrogens (tertiary/aromatic N) is 1. The highest BCUT2D eigenvalue weighted by atomic mass is 79.9. The fourth-order valence-corrected chi connectivity index (χ4v) is 2.95. The van der Waals surface area contributed by atoms with E-state index in [4.69, 9.17) is 9.47 Å². The number of halogens is 1. The van der Waals surface area contributed by atoms with Crippen LogP contribution in [0, 0.1) is 0 Å². The van der Waals surface area contributed by atoms with Crippen molar-refractivity contribution in [2.24, 2.45) is 0 Å². The van der Waals surface area contributed by atoms with Gasteiger partial charge in [0.05, 0.1) is 18.7 Å². The smallest absolute Gasteiger partial charge is 0.244 e. The zero-order valence-electron chi connectivity index (χ0n) is 14.3. The van der Waals surface area contributed by atoms with Gasteiger partial charge in [-0.05, 0) is 45.8 Å². The molecule has 0 fully saturated rings. The van der Waals surface area contributed by atoms with Gasteiger partial charge in [-0.3, -0.25) is 9.59 Å². The largest absolute Gasteiger partial charge is 0.486 e. The van der Waals surface area contributed by atoms with Crippen LogP contribution in [0.25, 0.3) is 0 Å². The molecular formula is C19H19BrN2O4. The normalized spacial score (nSPS) is 12.4. The van der Waals surface area contributed by atoms with E-state index in [0.29, 0.717) is 30.4 Å². The SMILES string of the molecule is CN(CC(=O)Nc1ccccc1Br)C(=O)Cc1ccc2c(c1)OCCO2. The third-order valence-corrected chi connectivity index (χ3v) is 4.61. The minimum absolute atomic E-state index is 0.0231. The first-order valence-electron chi connectivity index (χ1n) is 8.20. The van der Waals surface area contributed by atoms with Crippen molar-refractivity contribution in [3.63, 3.8) is 0 Å². The molecule has 3 rings (SSSR count). The van der Waals surface area contributed by atoms with E-state index in [9.17, 15) is 9.59 Å². The number of carbonyl (C=O) groups excluding carboxylic acids is 2. The monoisotopic (exact) mass is 418 g/mol. The van der Waals surface area contributed by atoms with Gasteiger partial charge in [0.1, 0.15) is 13.2 Å². The van der Waals surface area contributed by atoms with Crippen LogP contribution in [0.4, 0.5) is 5.69 Å². The first-order chi connectivity index (χ1) is 12.5. The van der Waals surface area contributed by atoms with Crippen molar-refractivity contribution in [1.29, 1.82) is 0 Å². The van der Waals surface area contributed by atoms with E-state index in [-0.39, 0.29) is 24.8 Å². The number of anilines is 1. The Morgan fingerprint density at radius 2 is 1.85 bits per heavy atom. The molecule has 1 aliphatic rings. The van der Waals surface area contributed by atoms with Gasteiger partial charge < -0.3 is 19.7 Å². The van der Waals surface area contributed by atoms with Crippen LogP contribution >= 0.6 is 15.9 Å². The third-order valence-electron chi connectivity index (χ3n) is 3.92. The molecule has 0 bridgehead atoms. The van der Waals surface area contributed by atoms with E-state index >= 15 is 0 Å². The second-order valence-electron chi connectivity index (χ2n) is 5.93. The molecule has 26 heavy (non-hydrogen) atoms. The van der Waals surface area contributed by atoms with Gasteiger partial charge in [-0.2, -0.15) is 0 Å². The Balaban J connectivity index is 1.56. The van der Waals surface area contributed by atoms with Crippen molar-refractivity contribution < 1.29 is 19.1 Å². The number of ether oxygens (including phenoxy) is 2. The molecule has 1 N–H and O–H groups in total. The van der Waals surface area contributed by atoms with Crippen LogP contribution < -0.4 is 14.8 Å². The van der Waals surface area contributed by atoms with Gasteiger partial charge in [0.2, 0.25) is 11.8 Å². The van der Waals surface area contributed by atoms with Crippen molar-refractivity contribution in [2.75, 3.05) is 32.1 Å². The number of carbonyl (C=O) groups is 2. The number of hydrogen-bond donors (Lipinski definition) is 1. The molecule has 0 unspecified atom stereocenters. The number of fused-ring (bicyclic) bond motifs is 1. The molecule has 6 nitrogen and oxygen atoms in total. The number of likely N-dealkylation sites (N-methyl/N-ethyl adjacent to an activating group) is 1. The van der Waals surface area contributed by atoms with Crippen LogP contribution in [0.2, 0.25) is 0 Å². The molecule has 2 amide bonds. The quantitative estimate of drug-likeness (QED) is 0.810. The van der Waals surface area contributed by atoms with Gasteiger partial charge in [0.15, 0.2) is 11.5 Å². The fraction of sp³-hybridized carbons (Fsp3) is 0.263. The van der Waals surface area contributed by atoms with Crippen molar-refractivity contribution in [3.8, 4) is 11.5 Å². The van der Waals surface area contributed by atoms with Gasteiger partial charge in [-0.15, -0.1) is 0 Å². The summed E-state index contributed by atoms with van der Waals surface area (Å²) in [5.41, 5.74) is 1.49. The first kappa shape index (κ1) is 18.3. The number of rotatable bonds is 5. The Morgan fingerprint density at radius 1 is 1.12 bits per heavy atom. The summed E-state index contributed by atoms with van der Waals surface area (Å²) in [4.78, 5) is 26.0. The average molecular weight is 419 g/mol. The zero-order valence-corrected chi connectivity index (χ0v) is 15.9. The minimum atomic E-state index is -0.255. The van der Waals surface area contributed by atoms with E-state index < -0.39 is 0 Å². The Labute approximate surface area is 160 Å². The molecule has 1 heterocycles. The summed E-state index contributed by atoms with van der Waals surface area (Å²) in [7, 11) is 1.61. The number of para-hydroxylation sites is 1. The lowest BCUT2D eigenvalue weighted by Crippen LogP contribution is -2.35. The number of hydrogen-bond acceptors (Lipinski definition) is 4. The number of nitrogens with one attached hydrogen (secondary N) is 1. The molecule has 7 heteroatoms. The molecular weight excluding hydrogens is 400 g/mol. The minimum Gasteiger partial charge on any atom is -0.486 e. The van der Waals surface area contributed by atoms with Gasteiger partial charge in [-0.1, -0.05) is 18.2 Å². The molecule has 1 aliphatic heterocycles. The molecule has 2 aromatic carbocycles. The lowest BCUT2D eigenvalue weighted by atomic mass is 10.1. The van der Waals surface area contributed by atoms with Gasteiger partial charge in [0.25, 0.3) is 0 Å². The Bertz CT molecular complexity index is 825. The summed E-state index contributed by atoms with van der Waals surface area (Å²) in [6.07, 6.45) is 0.190. The maximum atomic E-state index is 12.4. The lowest BCUT2D eigenvalue weighted by Gasteiger charge is -2.20. The molecule has 0 radical (unpaired) electrons. The van der Waals surface area contributed by atoms with E-state index in [1.54, 1.807) is 25.2 Å². The predicted molar refractivity (Wildman–Crippen MR) is 102 cm³/mol. The molecule has 136 valence electrons. The highest BCUT2D eigenvalue weighted by molar-refractivity contribution is 9.10. The van der Waals surface area contributed by atoms with E-state index in [0.717, 1.165) is 10.0 Å². The van der Waals surface area contributed by atoms with E-state index in [1.165, 1.54) is 4.90 Å². The molecule has 0 saturated carbocycles. The maximum absolute atomic E-state index is 12.4. The van der Waals surface area contributed by atoms with Gasteiger partial charge in [0, 0.05) is 11.5 Å². The Morgan fingerprint density at radius 3 is 2.62 bits per heavy atom. The van der Waals surface area contributed by atoms with E-state index in [1.807, 2.05) is 24.3 Å². The van der Waals surface area contributed by atoms with Gasteiger partial charge >= 0.3 is 0 Å². The highest BCUT2D eigenvalue weighted by Crippen LogP contribution is 2.31. The Hall–Kier alpha value is -2.54. The number of benzene rings is 2. The molecule has 0 saturated heterocycles. The predicted octanol–water partition coefficient (Wildman–Crippen LogP) is 2.86. The van der Waals surface area contributed by atoms with Crippen LogP contribution in [0.15, 0.2) is 46.9 Å². The molecule has 0 atom stereocenters. The lowest BCUT2D eigenvalue weighted by molar-refractivity contribution is -0.132. The molecule has 0 aromatic heterocycles. The zero-order chi connectivity index (χ0) is 18.5. The van der Waals surface area contributed by atoms with Crippen LogP contribution in [0.1, 0.15) is 5.56 Å². The second-order valence-corrected chi connectivity index (χ2v) is 6.79. The summed E-state index contributed by atoms with van der Waals surface area (Å²) in [5, 5.41) is 2.78. The summed E-state index contributed by atoms with van der Waals surface area (Å²) in [6.45, 7) is 1.00. The summed E-state index contributed by atoms with van der Waals surface area (Å²) < 4.78 is 11.8.